The van der Waals surface area contributed by atoms with Gasteiger partial charge >= 0.3 is 12.1 Å². The summed E-state index contributed by atoms with van der Waals surface area (Å²) in [5.74, 6) is -7.33. The fraction of sp³-hybridized carbons (Fsp3) is 0.200. The van der Waals surface area contributed by atoms with Crippen LogP contribution in [0.15, 0.2) is 36.4 Å². The van der Waals surface area contributed by atoms with Crippen LogP contribution < -0.4 is 11.5 Å². The van der Waals surface area contributed by atoms with E-state index in [1.54, 1.807) is 0 Å². The number of halogens is 6. The van der Waals surface area contributed by atoms with Gasteiger partial charge in [-0.1, -0.05) is 12.1 Å². The highest BCUT2D eigenvalue weighted by Crippen LogP contribution is 2.59. The van der Waals surface area contributed by atoms with E-state index >= 15 is 0 Å². The molecule has 10 heteroatoms. The summed E-state index contributed by atoms with van der Waals surface area (Å²) in [5.41, 5.74) is 0.616. The fourth-order valence-electron chi connectivity index (χ4n) is 2.29. The Bertz CT molecular complexity index is 809. The van der Waals surface area contributed by atoms with Gasteiger partial charge in [0.1, 0.15) is 11.5 Å². The second-order valence-electron chi connectivity index (χ2n) is 5.25. The number of phenolic OH excluding ortho intramolecular Hbond substituents is 2. The molecular weight excluding hydrogens is 354 g/mol. The molecule has 0 aromatic heterocycles. The van der Waals surface area contributed by atoms with Crippen LogP contribution in [0, 0.1) is 0 Å². The summed E-state index contributed by atoms with van der Waals surface area (Å²) in [4.78, 5) is 0. The van der Waals surface area contributed by atoms with E-state index in [-0.39, 0.29) is 6.07 Å². The Morgan fingerprint density at radius 3 is 1.92 bits per heavy atom. The molecule has 0 aliphatic rings. The Morgan fingerprint density at radius 2 is 1.40 bits per heavy atom. The predicted octanol–water partition coefficient (Wildman–Crippen LogP) is 3.78. The first kappa shape index (κ1) is 18.6. The van der Waals surface area contributed by atoms with Crippen LogP contribution in [0.2, 0.25) is 0 Å². The van der Waals surface area contributed by atoms with Gasteiger partial charge in [-0.15, -0.1) is 0 Å². The minimum atomic E-state index is -6.09. The van der Waals surface area contributed by atoms with Gasteiger partial charge in [-0.25, -0.2) is 4.39 Å². The maximum absolute atomic E-state index is 15.0. The van der Waals surface area contributed by atoms with Crippen LogP contribution in [-0.2, 0) is 11.6 Å². The van der Waals surface area contributed by atoms with Gasteiger partial charge in [0.2, 0.25) is 0 Å². The molecule has 2 rings (SSSR count). The van der Waals surface area contributed by atoms with Crippen molar-refractivity contribution in [3.05, 3.63) is 47.5 Å². The summed E-state index contributed by atoms with van der Waals surface area (Å²) in [5, 5.41) is 18.8. The first-order valence-corrected chi connectivity index (χ1v) is 6.64. The molecule has 136 valence electrons. The van der Waals surface area contributed by atoms with Crippen molar-refractivity contribution in [1.82, 2.24) is 0 Å². The van der Waals surface area contributed by atoms with Crippen molar-refractivity contribution in [2.24, 2.45) is 0 Å². The zero-order chi connectivity index (χ0) is 19.2. The molecule has 0 bridgehead atoms. The van der Waals surface area contributed by atoms with Crippen LogP contribution in [0.25, 0.3) is 0 Å². The maximum atomic E-state index is 15.0. The largest absolute Gasteiger partial charge is 0.506 e. The molecule has 4 nitrogen and oxygen atoms in total. The third-order valence-electron chi connectivity index (χ3n) is 3.65. The van der Waals surface area contributed by atoms with Gasteiger partial charge in [-0.05, 0) is 24.3 Å². The quantitative estimate of drug-likeness (QED) is 0.378. The van der Waals surface area contributed by atoms with Gasteiger partial charge in [-0.3, -0.25) is 0 Å². The molecule has 0 fully saturated rings. The SMILES string of the molecule is Nc1cc(C(F)(C(F)(F)F)C(F)(F)c2cccc(N)c2O)ccc1O. The number of alkyl halides is 6. The second kappa shape index (κ2) is 5.64. The fourth-order valence-corrected chi connectivity index (χ4v) is 2.29. The molecule has 0 radical (unpaired) electrons. The van der Waals surface area contributed by atoms with E-state index in [1.165, 1.54) is 0 Å². The number of anilines is 2. The molecule has 25 heavy (non-hydrogen) atoms. The molecule has 0 saturated heterocycles. The minimum Gasteiger partial charge on any atom is -0.506 e. The van der Waals surface area contributed by atoms with Crippen molar-refractivity contribution < 1.29 is 36.6 Å². The number of hydrogen-bond acceptors (Lipinski definition) is 4. The lowest BCUT2D eigenvalue weighted by Gasteiger charge is -2.36. The molecule has 6 N–H and O–H groups in total. The smallest absolute Gasteiger partial charge is 0.433 e. The third-order valence-corrected chi connectivity index (χ3v) is 3.65. The maximum Gasteiger partial charge on any atom is 0.433 e. The number of nitrogen functional groups attached to an aromatic ring is 2. The highest BCUT2D eigenvalue weighted by molar-refractivity contribution is 5.59. The van der Waals surface area contributed by atoms with Crippen LogP contribution in [0.1, 0.15) is 11.1 Å². The zero-order valence-corrected chi connectivity index (χ0v) is 12.3. The molecule has 0 heterocycles. The van der Waals surface area contributed by atoms with Crippen molar-refractivity contribution in [2.45, 2.75) is 17.8 Å². The Balaban J connectivity index is 2.80. The van der Waals surface area contributed by atoms with Gasteiger partial charge in [-0.2, -0.15) is 22.0 Å². The Labute approximate surface area is 137 Å². The highest BCUT2D eigenvalue weighted by Gasteiger charge is 2.73. The van der Waals surface area contributed by atoms with Crippen molar-refractivity contribution in [1.29, 1.82) is 0 Å². The number of benzene rings is 2. The number of phenols is 2. The summed E-state index contributed by atoms with van der Waals surface area (Å²) in [6.07, 6.45) is -6.09. The number of para-hydroxylation sites is 1. The number of hydrogen-bond donors (Lipinski definition) is 4. The normalized spacial score (nSPS) is 15.0. The van der Waals surface area contributed by atoms with Crippen molar-refractivity contribution >= 4 is 11.4 Å². The molecule has 0 saturated carbocycles. The van der Waals surface area contributed by atoms with Gasteiger partial charge in [0.15, 0.2) is 0 Å². The lowest BCUT2D eigenvalue weighted by Crippen LogP contribution is -2.51. The van der Waals surface area contributed by atoms with Gasteiger partial charge < -0.3 is 21.7 Å². The Morgan fingerprint density at radius 1 is 0.800 bits per heavy atom. The van der Waals surface area contributed by atoms with Crippen LogP contribution in [0.4, 0.5) is 37.7 Å². The lowest BCUT2D eigenvalue weighted by atomic mass is 9.83. The second-order valence-corrected chi connectivity index (χ2v) is 5.25. The summed E-state index contributed by atoms with van der Waals surface area (Å²) < 4.78 is 84.3. The summed E-state index contributed by atoms with van der Waals surface area (Å²) in [6.45, 7) is 0. The Kier molecular flexibility index (Phi) is 4.19. The van der Waals surface area contributed by atoms with Crippen molar-refractivity contribution in [3.8, 4) is 11.5 Å². The summed E-state index contributed by atoms with van der Waals surface area (Å²) in [7, 11) is 0. The van der Waals surface area contributed by atoms with Gasteiger partial charge in [0.05, 0.1) is 16.9 Å². The van der Waals surface area contributed by atoms with E-state index in [9.17, 15) is 36.6 Å². The molecule has 0 spiro atoms. The predicted molar refractivity (Wildman–Crippen MR) is 77.8 cm³/mol. The van der Waals surface area contributed by atoms with E-state index in [4.69, 9.17) is 11.5 Å². The monoisotopic (exact) mass is 366 g/mol. The third kappa shape index (κ3) is 2.67. The summed E-state index contributed by atoms with van der Waals surface area (Å²) in [6, 6.07) is 3.37. The van der Waals surface area contributed by atoms with Crippen LogP contribution in [0.5, 0.6) is 11.5 Å². The standard InChI is InChI=1S/C15H12F6N2O2/c16-13(15(19,20)21,7-4-5-11(24)10(23)6-7)14(17,18)8-2-1-3-9(22)12(8)25/h1-6,24-25H,22-23H2. The molecular formula is C15H12F6N2O2. The molecule has 0 aliphatic carbocycles. The van der Waals surface area contributed by atoms with Crippen LogP contribution >= 0.6 is 0 Å². The number of nitrogens with two attached hydrogens (primary N) is 2. The van der Waals surface area contributed by atoms with E-state index < -0.39 is 51.8 Å². The highest BCUT2D eigenvalue weighted by atomic mass is 19.4. The molecule has 1 unspecified atom stereocenters. The van der Waals surface area contributed by atoms with Crippen LogP contribution in [0.3, 0.4) is 0 Å². The number of aromatic hydroxyl groups is 2. The lowest BCUT2D eigenvalue weighted by molar-refractivity contribution is -0.314. The average molecular weight is 366 g/mol. The first-order valence-electron chi connectivity index (χ1n) is 6.64. The van der Waals surface area contributed by atoms with Gasteiger partial charge in [0, 0.05) is 5.56 Å². The van der Waals surface area contributed by atoms with Crippen molar-refractivity contribution in [3.63, 3.8) is 0 Å². The van der Waals surface area contributed by atoms with Crippen LogP contribution in [-0.4, -0.2) is 16.4 Å². The van der Waals surface area contributed by atoms with Crippen molar-refractivity contribution in [2.75, 3.05) is 11.5 Å². The Hall–Kier alpha value is -2.78. The molecule has 0 aliphatic heterocycles. The van der Waals surface area contributed by atoms with E-state index in [2.05, 4.69) is 0 Å². The molecule has 2 aromatic rings. The molecule has 0 amide bonds. The van der Waals surface area contributed by atoms with Gasteiger partial charge in [0.25, 0.3) is 5.67 Å². The average Bonchev–Trinajstić information content (AvgIpc) is 2.50. The topological polar surface area (TPSA) is 92.5 Å². The van der Waals surface area contributed by atoms with E-state index in [0.717, 1.165) is 12.1 Å². The molecule has 1 atom stereocenters. The summed E-state index contributed by atoms with van der Waals surface area (Å²) >= 11 is 0. The van der Waals surface area contributed by atoms with E-state index in [0.29, 0.717) is 18.2 Å². The number of rotatable bonds is 3. The minimum absolute atomic E-state index is 0.250. The molecule has 2 aromatic carbocycles. The van der Waals surface area contributed by atoms with E-state index in [1.807, 2.05) is 0 Å². The zero-order valence-electron chi connectivity index (χ0n) is 12.3. The first-order chi connectivity index (χ1) is 11.3.